The van der Waals surface area contributed by atoms with E-state index in [1.54, 1.807) is 56.3 Å². The maximum Gasteiger partial charge on any atom is 0.411 e. The second kappa shape index (κ2) is 12.9. The summed E-state index contributed by atoms with van der Waals surface area (Å²) in [5, 5.41) is 13.5. The van der Waals surface area contributed by atoms with Gasteiger partial charge in [-0.1, -0.05) is 55.8 Å². The predicted octanol–water partition coefficient (Wildman–Crippen LogP) is 3.87. The number of pyridine rings is 1. The van der Waals surface area contributed by atoms with Gasteiger partial charge in [0.1, 0.15) is 18.1 Å². The number of anilines is 1. The highest BCUT2D eigenvalue weighted by Gasteiger charge is 2.35. The fourth-order valence-corrected chi connectivity index (χ4v) is 4.28. The number of hydrogen-bond donors (Lipinski definition) is 2. The van der Waals surface area contributed by atoms with E-state index in [0.717, 1.165) is 11.7 Å². The van der Waals surface area contributed by atoms with Crippen LogP contribution in [0.25, 0.3) is 11.4 Å². The zero-order chi connectivity index (χ0) is 31.3. The Balaban J connectivity index is 1.59. The van der Waals surface area contributed by atoms with Gasteiger partial charge in [-0.05, 0) is 31.9 Å². The Bertz CT molecular complexity index is 1680. The van der Waals surface area contributed by atoms with Crippen molar-refractivity contribution in [1.82, 2.24) is 30.0 Å². The molecule has 1 atom stereocenters. The first-order valence-electron chi connectivity index (χ1n) is 13.2. The molecule has 0 saturated heterocycles. The molecule has 0 unspecified atom stereocenters. The smallest absolute Gasteiger partial charge is 0.411 e. The average Bonchev–Trinajstić information content (AvgIpc) is 3.50. The highest BCUT2D eigenvalue weighted by Crippen LogP contribution is 2.30. The lowest BCUT2D eigenvalue weighted by Gasteiger charge is -2.21. The Labute approximate surface area is 251 Å². The van der Waals surface area contributed by atoms with E-state index in [1.165, 1.54) is 12.4 Å². The molecule has 0 aliphatic heterocycles. The number of carbonyl (C=O) groups is 3. The maximum atomic E-state index is 13.5. The molecular formula is C29H30ClN7O6. The Hall–Kier alpha value is -4.91. The largest absolute Gasteiger partial charge is 0.453 e. The molecule has 0 aliphatic rings. The lowest BCUT2D eigenvalue weighted by Crippen LogP contribution is -2.46. The van der Waals surface area contributed by atoms with Crippen molar-refractivity contribution in [2.75, 3.05) is 12.4 Å². The number of ether oxygens (including phenoxy) is 1. The minimum atomic E-state index is -1.06. The van der Waals surface area contributed by atoms with E-state index >= 15 is 0 Å². The first-order valence-corrected chi connectivity index (χ1v) is 13.6. The van der Waals surface area contributed by atoms with Crippen LogP contribution in [0, 0.1) is 5.92 Å². The van der Waals surface area contributed by atoms with Gasteiger partial charge in [-0.25, -0.2) is 9.78 Å². The molecular weight excluding hydrogens is 578 g/mol. The van der Waals surface area contributed by atoms with Crippen molar-refractivity contribution in [2.45, 2.75) is 45.7 Å². The van der Waals surface area contributed by atoms with E-state index in [9.17, 15) is 19.2 Å². The monoisotopic (exact) mass is 607 g/mol. The molecule has 3 aromatic heterocycles. The summed E-state index contributed by atoms with van der Waals surface area (Å²) in [6.45, 7) is 6.60. The predicted molar refractivity (Wildman–Crippen MR) is 157 cm³/mol. The molecule has 1 aromatic carbocycles. The molecule has 13 nitrogen and oxygen atoms in total. The zero-order valence-electron chi connectivity index (χ0n) is 24.1. The van der Waals surface area contributed by atoms with Gasteiger partial charge in [0.25, 0.3) is 11.4 Å². The molecule has 0 fully saturated rings. The average molecular weight is 608 g/mol. The normalized spacial score (nSPS) is 12.1. The zero-order valence-corrected chi connectivity index (χ0v) is 24.9. The lowest BCUT2D eigenvalue weighted by molar-refractivity contribution is -0.122. The minimum absolute atomic E-state index is 0.152. The van der Waals surface area contributed by atoms with Gasteiger partial charge in [-0.2, -0.15) is 0 Å². The highest BCUT2D eigenvalue weighted by molar-refractivity contribution is 6.30. The van der Waals surface area contributed by atoms with E-state index in [2.05, 4.69) is 35.5 Å². The summed E-state index contributed by atoms with van der Waals surface area (Å²) in [7, 11) is 1.15. The Morgan fingerprint density at radius 1 is 1.05 bits per heavy atom. The highest BCUT2D eigenvalue weighted by atomic mass is 35.5. The van der Waals surface area contributed by atoms with E-state index in [1.807, 2.05) is 13.8 Å². The topological polar surface area (TPSA) is 171 Å². The van der Waals surface area contributed by atoms with E-state index < -0.39 is 41.3 Å². The first-order chi connectivity index (χ1) is 20.4. The van der Waals surface area contributed by atoms with Crippen LogP contribution < -0.4 is 16.2 Å². The van der Waals surface area contributed by atoms with E-state index in [0.29, 0.717) is 16.3 Å². The molecule has 0 aliphatic carbocycles. The van der Waals surface area contributed by atoms with Gasteiger partial charge in [0.15, 0.2) is 0 Å². The van der Waals surface area contributed by atoms with E-state index in [-0.39, 0.29) is 29.2 Å². The molecule has 3 heterocycles. The van der Waals surface area contributed by atoms with Crippen molar-refractivity contribution >= 4 is 35.1 Å². The molecule has 4 rings (SSSR count). The minimum Gasteiger partial charge on any atom is -0.453 e. The van der Waals surface area contributed by atoms with Crippen molar-refractivity contribution in [2.24, 2.45) is 5.92 Å². The molecule has 2 N–H and O–H groups in total. The number of nitrogens with zero attached hydrogens (tertiary/aromatic N) is 5. The van der Waals surface area contributed by atoms with Crippen LogP contribution in [-0.4, -0.2) is 55.7 Å². The van der Waals surface area contributed by atoms with Crippen LogP contribution in [-0.2, 0) is 21.5 Å². The number of ketones is 1. The van der Waals surface area contributed by atoms with Crippen molar-refractivity contribution in [3.63, 3.8) is 0 Å². The maximum absolute atomic E-state index is 13.5. The summed E-state index contributed by atoms with van der Waals surface area (Å²) in [6.07, 6.45) is 1.81. The molecule has 14 heteroatoms. The van der Waals surface area contributed by atoms with Gasteiger partial charge in [0.2, 0.25) is 17.6 Å². The van der Waals surface area contributed by atoms with Crippen LogP contribution >= 0.6 is 11.6 Å². The SMILES string of the molecule is COC(=O)Nc1cnc(-c2ccccc2)n(CC(=O)N[C@@H](C(=O)c2nnc(C(C)(C)c3ccc(Cl)cn3)o2)C(C)C)c1=O. The number of methoxy groups -OCH3 is 1. The third kappa shape index (κ3) is 6.95. The van der Waals surface area contributed by atoms with E-state index in [4.69, 9.17) is 16.0 Å². The van der Waals surface area contributed by atoms with Crippen LogP contribution in [0.1, 0.15) is 50.0 Å². The summed E-state index contributed by atoms with van der Waals surface area (Å²) < 4.78 is 11.4. The van der Waals surface area contributed by atoms with Gasteiger partial charge in [0.05, 0.1) is 35.5 Å². The summed E-state index contributed by atoms with van der Waals surface area (Å²) in [6, 6.07) is 11.1. The van der Waals surface area contributed by atoms with Crippen LogP contribution in [0.15, 0.2) is 64.1 Å². The number of aromatic nitrogens is 5. The molecule has 0 spiro atoms. The van der Waals surface area contributed by atoms with Crippen LogP contribution in [0.4, 0.5) is 10.5 Å². The second-order valence-electron chi connectivity index (χ2n) is 10.4. The Morgan fingerprint density at radius 3 is 2.40 bits per heavy atom. The molecule has 43 heavy (non-hydrogen) atoms. The quantitative estimate of drug-likeness (QED) is 0.252. The molecule has 4 aromatic rings. The first kappa shape index (κ1) is 31.0. The number of amides is 2. The summed E-state index contributed by atoms with van der Waals surface area (Å²) in [5.41, 5.74) is -0.554. The number of nitrogens with one attached hydrogen (secondary N) is 2. The molecule has 224 valence electrons. The number of Topliss-reactive ketones (excluding diaryl/α,β-unsaturated/α-hetero) is 1. The van der Waals surface area contributed by atoms with Crippen molar-refractivity contribution < 1.29 is 23.5 Å². The van der Waals surface area contributed by atoms with Crippen LogP contribution in [0.3, 0.4) is 0 Å². The Morgan fingerprint density at radius 2 is 1.77 bits per heavy atom. The summed E-state index contributed by atoms with van der Waals surface area (Å²) in [4.78, 5) is 60.5. The fourth-order valence-electron chi connectivity index (χ4n) is 4.16. The van der Waals surface area contributed by atoms with Gasteiger partial charge in [-0.15, -0.1) is 10.2 Å². The number of halogens is 1. The molecule has 0 saturated carbocycles. The fraction of sp³-hybridized carbons (Fsp3) is 0.310. The van der Waals surface area contributed by atoms with Crippen LogP contribution in [0.5, 0.6) is 0 Å². The van der Waals surface area contributed by atoms with Crippen molar-refractivity contribution in [3.05, 3.63) is 87.7 Å². The Kier molecular flexibility index (Phi) is 9.34. The van der Waals surface area contributed by atoms with Crippen molar-refractivity contribution in [3.8, 4) is 11.4 Å². The standard InChI is InChI=1S/C29H30ClN7O6/c1-16(2)22(23(39)25-35-36-27(43-25)29(3,4)20-12-11-18(30)13-31-20)34-21(38)15-37-24(17-9-7-6-8-10-17)32-14-19(26(37)40)33-28(41)42-5/h6-14,16,22H,15H2,1-5H3,(H,33,41)(H,34,38)/t22-/m1/s1. The molecule has 0 radical (unpaired) electrons. The molecule has 2 amide bonds. The number of hydrogen-bond acceptors (Lipinski definition) is 10. The second-order valence-corrected chi connectivity index (χ2v) is 10.9. The summed E-state index contributed by atoms with van der Waals surface area (Å²) in [5.74, 6) is -1.59. The third-order valence-corrected chi connectivity index (χ3v) is 6.83. The number of rotatable bonds is 10. The van der Waals surface area contributed by atoms with Gasteiger partial charge < -0.3 is 14.5 Å². The molecule has 0 bridgehead atoms. The number of benzene rings is 1. The summed E-state index contributed by atoms with van der Waals surface area (Å²) >= 11 is 5.96. The van der Waals surface area contributed by atoms with Gasteiger partial charge in [-0.3, -0.25) is 29.3 Å². The number of carbonyl (C=O) groups excluding carboxylic acids is 3. The van der Waals surface area contributed by atoms with Crippen molar-refractivity contribution in [1.29, 1.82) is 0 Å². The van der Waals surface area contributed by atoms with Gasteiger partial charge in [0, 0.05) is 11.8 Å². The lowest BCUT2D eigenvalue weighted by atomic mass is 9.89. The van der Waals surface area contributed by atoms with Crippen LogP contribution in [0.2, 0.25) is 5.02 Å². The van der Waals surface area contributed by atoms with Gasteiger partial charge >= 0.3 is 6.09 Å². The third-order valence-electron chi connectivity index (χ3n) is 6.61.